The zero-order valence-electron chi connectivity index (χ0n) is 12.3. The van der Waals surface area contributed by atoms with Crippen LogP contribution in [0.4, 0.5) is 5.69 Å². The molecular formula is C16H15N3O2S. The van der Waals surface area contributed by atoms with Crippen LogP contribution in [0.15, 0.2) is 40.8 Å². The number of hydrogen-bond acceptors (Lipinski definition) is 4. The summed E-state index contributed by atoms with van der Waals surface area (Å²) in [6.45, 7) is 3.96. The van der Waals surface area contributed by atoms with Gasteiger partial charge < -0.3 is 5.32 Å². The molecule has 6 heteroatoms. The number of aryl methyl sites for hydroxylation is 2. The molecule has 0 fully saturated rings. The number of hydrogen-bond donors (Lipinski definition) is 1. The Morgan fingerprint density at radius 1 is 1.27 bits per heavy atom. The second-order valence-electron chi connectivity index (χ2n) is 5.16. The predicted octanol–water partition coefficient (Wildman–Crippen LogP) is 2.71. The summed E-state index contributed by atoms with van der Waals surface area (Å²) in [6.07, 6.45) is 1.42. The summed E-state index contributed by atoms with van der Waals surface area (Å²) in [4.78, 5) is 29.2. The van der Waals surface area contributed by atoms with E-state index in [1.165, 1.54) is 27.8 Å². The molecule has 2 heterocycles. The van der Waals surface area contributed by atoms with Crippen LogP contribution in [0.5, 0.6) is 0 Å². The Hall–Kier alpha value is -2.47. The van der Waals surface area contributed by atoms with Gasteiger partial charge in [0.15, 0.2) is 0 Å². The van der Waals surface area contributed by atoms with E-state index in [0.717, 1.165) is 11.3 Å². The Kier molecular flexibility index (Phi) is 3.77. The lowest BCUT2D eigenvalue weighted by atomic mass is 10.1. The summed E-state index contributed by atoms with van der Waals surface area (Å²) in [7, 11) is 0. The van der Waals surface area contributed by atoms with Gasteiger partial charge in [-0.05, 0) is 48.6 Å². The Balaban J connectivity index is 1.79. The quantitative estimate of drug-likeness (QED) is 0.808. The van der Waals surface area contributed by atoms with E-state index in [0.29, 0.717) is 10.2 Å². The van der Waals surface area contributed by atoms with Crippen LogP contribution in [-0.4, -0.2) is 15.5 Å². The monoisotopic (exact) mass is 313 g/mol. The van der Waals surface area contributed by atoms with E-state index in [-0.39, 0.29) is 18.0 Å². The fourth-order valence-corrected chi connectivity index (χ4v) is 2.90. The highest BCUT2D eigenvalue weighted by Crippen LogP contribution is 2.15. The van der Waals surface area contributed by atoms with E-state index in [4.69, 9.17) is 0 Å². The van der Waals surface area contributed by atoms with Gasteiger partial charge in [-0.1, -0.05) is 6.07 Å². The molecule has 22 heavy (non-hydrogen) atoms. The highest BCUT2D eigenvalue weighted by atomic mass is 32.1. The molecule has 5 nitrogen and oxygen atoms in total. The van der Waals surface area contributed by atoms with Gasteiger partial charge in [0, 0.05) is 5.69 Å². The lowest BCUT2D eigenvalue weighted by Gasteiger charge is -2.09. The van der Waals surface area contributed by atoms with Crippen LogP contribution < -0.4 is 10.9 Å². The molecule has 1 amide bonds. The minimum atomic E-state index is -0.248. The largest absolute Gasteiger partial charge is 0.325 e. The molecule has 3 rings (SSSR count). The number of carbonyl (C=O) groups is 1. The first-order valence-electron chi connectivity index (χ1n) is 6.84. The highest BCUT2D eigenvalue weighted by Gasteiger charge is 2.09. The average Bonchev–Trinajstić information content (AvgIpc) is 2.95. The Bertz CT molecular complexity index is 911. The number of aromatic nitrogens is 2. The van der Waals surface area contributed by atoms with Gasteiger partial charge in [0.25, 0.3) is 5.56 Å². The molecule has 0 aliphatic rings. The van der Waals surface area contributed by atoms with Crippen LogP contribution >= 0.6 is 11.3 Å². The van der Waals surface area contributed by atoms with Crippen molar-refractivity contribution < 1.29 is 4.79 Å². The van der Waals surface area contributed by atoms with Gasteiger partial charge in [0.1, 0.15) is 11.4 Å². The number of nitrogens with one attached hydrogen (secondary N) is 1. The first-order valence-corrected chi connectivity index (χ1v) is 7.72. The second kappa shape index (κ2) is 5.73. The lowest BCUT2D eigenvalue weighted by Crippen LogP contribution is -2.27. The summed E-state index contributed by atoms with van der Waals surface area (Å²) in [5.41, 5.74) is 2.81. The Morgan fingerprint density at radius 3 is 2.86 bits per heavy atom. The molecule has 0 saturated carbocycles. The molecule has 0 radical (unpaired) electrons. The molecule has 0 saturated heterocycles. The van der Waals surface area contributed by atoms with Crippen LogP contribution in [0.25, 0.3) is 10.2 Å². The third-order valence-corrected chi connectivity index (χ3v) is 4.38. The van der Waals surface area contributed by atoms with Crippen LogP contribution in [0.3, 0.4) is 0 Å². The highest BCUT2D eigenvalue weighted by molar-refractivity contribution is 7.16. The molecule has 0 bridgehead atoms. The van der Waals surface area contributed by atoms with Crippen molar-refractivity contribution in [1.29, 1.82) is 0 Å². The van der Waals surface area contributed by atoms with E-state index in [9.17, 15) is 9.59 Å². The van der Waals surface area contributed by atoms with Gasteiger partial charge in [0.05, 0.1) is 11.7 Å². The molecule has 0 aliphatic heterocycles. The molecule has 3 aromatic rings. The van der Waals surface area contributed by atoms with Gasteiger partial charge in [-0.15, -0.1) is 11.3 Å². The average molecular weight is 313 g/mol. The van der Waals surface area contributed by atoms with Crippen molar-refractivity contribution in [3.8, 4) is 0 Å². The fraction of sp³-hybridized carbons (Fsp3) is 0.188. The third kappa shape index (κ3) is 2.78. The third-order valence-electron chi connectivity index (χ3n) is 3.56. The van der Waals surface area contributed by atoms with Crippen molar-refractivity contribution in [1.82, 2.24) is 9.55 Å². The second-order valence-corrected chi connectivity index (χ2v) is 6.06. The van der Waals surface area contributed by atoms with Crippen molar-refractivity contribution in [2.75, 3.05) is 5.32 Å². The van der Waals surface area contributed by atoms with E-state index in [1.54, 1.807) is 6.07 Å². The standard InChI is InChI=1S/C16H15N3O2S/c1-10-3-4-12(7-11(10)2)18-14(20)8-19-9-17-15-13(16(19)21)5-6-22-15/h3-7,9H,8H2,1-2H3,(H,18,20). The summed E-state index contributed by atoms with van der Waals surface area (Å²) in [5.74, 6) is -0.248. The van der Waals surface area contributed by atoms with Crippen molar-refractivity contribution in [3.05, 3.63) is 57.5 Å². The number of anilines is 1. The van der Waals surface area contributed by atoms with Crippen molar-refractivity contribution in [2.24, 2.45) is 0 Å². The fourth-order valence-electron chi connectivity index (χ4n) is 2.18. The normalized spacial score (nSPS) is 10.8. The SMILES string of the molecule is Cc1ccc(NC(=O)Cn2cnc3sccc3c2=O)cc1C. The smallest absolute Gasteiger partial charge is 0.262 e. The number of carbonyl (C=O) groups excluding carboxylic acids is 1. The minimum Gasteiger partial charge on any atom is -0.325 e. The van der Waals surface area contributed by atoms with Gasteiger partial charge in [0.2, 0.25) is 5.91 Å². The maximum Gasteiger partial charge on any atom is 0.262 e. The maximum atomic E-state index is 12.2. The van der Waals surface area contributed by atoms with Crippen LogP contribution in [0.2, 0.25) is 0 Å². The minimum absolute atomic E-state index is 0.0510. The lowest BCUT2D eigenvalue weighted by molar-refractivity contribution is -0.116. The van der Waals surface area contributed by atoms with Crippen molar-refractivity contribution >= 4 is 33.1 Å². The molecular weight excluding hydrogens is 298 g/mol. The summed E-state index contributed by atoms with van der Waals surface area (Å²) in [5, 5.41) is 5.17. The molecule has 1 aromatic carbocycles. The van der Waals surface area contributed by atoms with Gasteiger partial charge >= 0.3 is 0 Å². The number of rotatable bonds is 3. The van der Waals surface area contributed by atoms with Crippen LogP contribution in [-0.2, 0) is 11.3 Å². The van der Waals surface area contributed by atoms with Gasteiger partial charge in [-0.2, -0.15) is 0 Å². The first kappa shape index (κ1) is 14.5. The molecule has 0 unspecified atom stereocenters. The molecule has 112 valence electrons. The number of amides is 1. The Morgan fingerprint density at radius 2 is 2.09 bits per heavy atom. The number of nitrogens with zero attached hydrogens (tertiary/aromatic N) is 2. The molecule has 1 N–H and O–H groups in total. The number of thiophene rings is 1. The van der Waals surface area contributed by atoms with E-state index in [1.807, 2.05) is 37.4 Å². The van der Waals surface area contributed by atoms with Crippen molar-refractivity contribution in [3.63, 3.8) is 0 Å². The predicted molar refractivity (Wildman–Crippen MR) is 88.4 cm³/mol. The molecule has 2 aromatic heterocycles. The molecule has 0 aliphatic carbocycles. The van der Waals surface area contributed by atoms with E-state index < -0.39 is 0 Å². The summed E-state index contributed by atoms with van der Waals surface area (Å²) >= 11 is 1.41. The van der Waals surface area contributed by atoms with Gasteiger partial charge in [-0.3, -0.25) is 14.2 Å². The summed E-state index contributed by atoms with van der Waals surface area (Å²) in [6, 6.07) is 7.45. The summed E-state index contributed by atoms with van der Waals surface area (Å²) < 4.78 is 1.32. The Labute approximate surface area is 131 Å². The van der Waals surface area contributed by atoms with E-state index >= 15 is 0 Å². The van der Waals surface area contributed by atoms with Gasteiger partial charge in [-0.25, -0.2) is 4.98 Å². The zero-order chi connectivity index (χ0) is 15.7. The first-order chi connectivity index (χ1) is 10.5. The maximum absolute atomic E-state index is 12.2. The van der Waals surface area contributed by atoms with E-state index in [2.05, 4.69) is 10.3 Å². The number of fused-ring (bicyclic) bond motifs is 1. The topological polar surface area (TPSA) is 64.0 Å². The van der Waals surface area contributed by atoms with Crippen LogP contribution in [0, 0.1) is 13.8 Å². The van der Waals surface area contributed by atoms with Crippen LogP contribution in [0.1, 0.15) is 11.1 Å². The molecule has 0 spiro atoms. The number of benzene rings is 1. The van der Waals surface area contributed by atoms with Crippen molar-refractivity contribution in [2.45, 2.75) is 20.4 Å². The zero-order valence-corrected chi connectivity index (χ0v) is 13.1. The molecule has 0 atom stereocenters.